The number of benzene rings is 1. The van der Waals surface area contributed by atoms with Gasteiger partial charge in [0.2, 0.25) is 0 Å². The fourth-order valence-electron chi connectivity index (χ4n) is 2.09. The highest BCUT2D eigenvalue weighted by Crippen LogP contribution is 2.18. The number of aryl methyl sites for hydroxylation is 1. The molecule has 0 heterocycles. The third-order valence-corrected chi connectivity index (χ3v) is 4.25. The summed E-state index contributed by atoms with van der Waals surface area (Å²) in [6, 6.07) is 11.0. The van der Waals surface area contributed by atoms with Gasteiger partial charge in [0.05, 0.1) is 6.07 Å². The SMILES string of the molecule is CCNC(C)(C#N)CCCSCc1cccc(C)c1. The smallest absolute Gasteiger partial charge is 0.103 e. The number of nitriles is 1. The van der Waals surface area contributed by atoms with Crippen LogP contribution in [0.4, 0.5) is 0 Å². The van der Waals surface area contributed by atoms with Gasteiger partial charge in [-0.05, 0) is 44.6 Å². The monoisotopic (exact) mass is 276 g/mol. The van der Waals surface area contributed by atoms with E-state index >= 15 is 0 Å². The van der Waals surface area contributed by atoms with Crippen LogP contribution in [0.25, 0.3) is 0 Å². The minimum atomic E-state index is -0.362. The van der Waals surface area contributed by atoms with Crippen molar-refractivity contribution in [3.63, 3.8) is 0 Å². The summed E-state index contributed by atoms with van der Waals surface area (Å²) < 4.78 is 0. The normalized spacial score (nSPS) is 13.8. The Bertz CT molecular complexity index is 425. The first-order chi connectivity index (χ1) is 9.09. The molecule has 104 valence electrons. The maximum absolute atomic E-state index is 9.16. The average molecular weight is 276 g/mol. The maximum atomic E-state index is 9.16. The zero-order valence-corrected chi connectivity index (χ0v) is 13.0. The molecule has 0 radical (unpaired) electrons. The van der Waals surface area contributed by atoms with Gasteiger partial charge in [-0.3, -0.25) is 5.32 Å². The molecule has 2 nitrogen and oxygen atoms in total. The second kappa shape index (κ2) is 8.24. The first kappa shape index (κ1) is 16.1. The molecule has 1 atom stereocenters. The van der Waals surface area contributed by atoms with E-state index in [-0.39, 0.29) is 5.54 Å². The molecule has 1 unspecified atom stereocenters. The van der Waals surface area contributed by atoms with Gasteiger partial charge in [-0.15, -0.1) is 0 Å². The van der Waals surface area contributed by atoms with Crippen molar-refractivity contribution >= 4 is 11.8 Å². The lowest BCUT2D eigenvalue weighted by molar-refractivity contribution is 0.426. The fourth-order valence-corrected chi connectivity index (χ4v) is 3.00. The Labute approximate surface area is 121 Å². The molecule has 0 aliphatic carbocycles. The highest BCUT2D eigenvalue weighted by Gasteiger charge is 2.20. The van der Waals surface area contributed by atoms with Gasteiger partial charge in [0.15, 0.2) is 0 Å². The van der Waals surface area contributed by atoms with Crippen LogP contribution in [0.15, 0.2) is 24.3 Å². The van der Waals surface area contributed by atoms with Crippen molar-refractivity contribution in [2.45, 2.75) is 44.9 Å². The van der Waals surface area contributed by atoms with Gasteiger partial charge in [-0.25, -0.2) is 0 Å². The van der Waals surface area contributed by atoms with E-state index in [4.69, 9.17) is 5.26 Å². The van der Waals surface area contributed by atoms with Crippen molar-refractivity contribution in [1.29, 1.82) is 5.26 Å². The molecule has 0 aliphatic rings. The zero-order chi connectivity index (χ0) is 14.1. The second-order valence-electron chi connectivity index (χ2n) is 5.12. The summed E-state index contributed by atoms with van der Waals surface area (Å²) in [4.78, 5) is 0. The van der Waals surface area contributed by atoms with Crippen molar-refractivity contribution in [3.05, 3.63) is 35.4 Å². The lowest BCUT2D eigenvalue weighted by atomic mass is 9.98. The van der Waals surface area contributed by atoms with Gasteiger partial charge < -0.3 is 0 Å². The Morgan fingerprint density at radius 3 is 2.84 bits per heavy atom. The zero-order valence-electron chi connectivity index (χ0n) is 12.2. The molecule has 0 amide bonds. The second-order valence-corrected chi connectivity index (χ2v) is 6.22. The molecule has 0 aromatic heterocycles. The van der Waals surface area contributed by atoms with Crippen LogP contribution in [0.1, 0.15) is 37.8 Å². The summed E-state index contributed by atoms with van der Waals surface area (Å²) in [5, 5.41) is 12.4. The lowest BCUT2D eigenvalue weighted by Gasteiger charge is -2.22. The van der Waals surface area contributed by atoms with Crippen molar-refractivity contribution in [2.75, 3.05) is 12.3 Å². The molecule has 1 aromatic carbocycles. The topological polar surface area (TPSA) is 35.8 Å². The number of thioether (sulfide) groups is 1. The van der Waals surface area contributed by atoms with Crippen LogP contribution in [0.3, 0.4) is 0 Å². The molecule has 1 N–H and O–H groups in total. The highest BCUT2D eigenvalue weighted by atomic mass is 32.2. The Balaban J connectivity index is 2.23. The van der Waals surface area contributed by atoms with Gasteiger partial charge in [0.25, 0.3) is 0 Å². The predicted molar refractivity (Wildman–Crippen MR) is 84.3 cm³/mol. The maximum Gasteiger partial charge on any atom is 0.103 e. The van der Waals surface area contributed by atoms with E-state index in [1.165, 1.54) is 11.1 Å². The largest absolute Gasteiger partial charge is 0.300 e. The summed E-state index contributed by atoms with van der Waals surface area (Å²) >= 11 is 1.95. The van der Waals surface area contributed by atoms with Crippen LogP contribution < -0.4 is 5.32 Å². The molecular weight excluding hydrogens is 252 g/mol. The first-order valence-electron chi connectivity index (χ1n) is 6.89. The molecule has 1 rings (SSSR count). The van der Waals surface area contributed by atoms with Crippen molar-refractivity contribution < 1.29 is 0 Å². The highest BCUT2D eigenvalue weighted by molar-refractivity contribution is 7.98. The minimum absolute atomic E-state index is 0.362. The lowest BCUT2D eigenvalue weighted by Crippen LogP contribution is -2.40. The summed E-state index contributed by atoms with van der Waals surface area (Å²) in [6.07, 6.45) is 1.99. The Morgan fingerprint density at radius 2 is 2.21 bits per heavy atom. The Hall–Kier alpha value is -0.980. The van der Waals surface area contributed by atoms with E-state index < -0.39 is 0 Å². The van der Waals surface area contributed by atoms with Crippen molar-refractivity contribution in [2.24, 2.45) is 0 Å². The van der Waals surface area contributed by atoms with Gasteiger partial charge >= 0.3 is 0 Å². The summed E-state index contributed by atoms with van der Waals surface area (Å²) in [5.74, 6) is 2.17. The Morgan fingerprint density at radius 1 is 1.42 bits per heavy atom. The number of hydrogen-bond donors (Lipinski definition) is 1. The summed E-state index contributed by atoms with van der Waals surface area (Å²) in [5.41, 5.74) is 2.35. The number of nitrogens with zero attached hydrogens (tertiary/aromatic N) is 1. The number of rotatable bonds is 8. The number of nitrogens with one attached hydrogen (secondary N) is 1. The molecule has 0 aliphatic heterocycles. The van der Waals surface area contributed by atoms with Crippen LogP contribution >= 0.6 is 11.8 Å². The molecule has 0 bridgehead atoms. The van der Waals surface area contributed by atoms with E-state index in [1.54, 1.807) is 0 Å². The van der Waals surface area contributed by atoms with E-state index in [9.17, 15) is 0 Å². The van der Waals surface area contributed by atoms with Crippen molar-refractivity contribution in [3.8, 4) is 6.07 Å². The van der Waals surface area contributed by atoms with Crippen LogP contribution in [0.5, 0.6) is 0 Å². The van der Waals surface area contributed by atoms with Crippen LogP contribution in [0.2, 0.25) is 0 Å². The van der Waals surface area contributed by atoms with E-state index in [2.05, 4.69) is 42.6 Å². The molecular formula is C16H24N2S. The quantitative estimate of drug-likeness (QED) is 0.731. The van der Waals surface area contributed by atoms with E-state index in [0.717, 1.165) is 30.9 Å². The van der Waals surface area contributed by atoms with Gasteiger partial charge in [0.1, 0.15) is 5.54 Å². The Kier molecular flexibility index (Phi) is 6.97. The average Bonchev–Trinajstić information content (AvgIpc) is 2.39. The van der Waals surface area contributed by atoms with Gasteiger partial charge in [-0.1, -0.05) is 36.8 Å². The third-order valence-electron chi connectivity index (χ3n) is 3.13. The minimum Gasteiger partial charge on any atom is -0.300 e. The van der Waals surface area contributed by atoms with Crippen LogP contribution in [-0.2, 0) is 5.75 Å². The van der Waals surface area contributed by atoms with Crippen LogP contribution in [0, 0.1) is 18.3 Å². The van der Waals surface area contributed by atoms with E-state index in [1.807, 2.05) is 25.6 Å². The molecule has 0 spiro atoms. The molecule has 3 heteroatoms. The standard InChI is InChI=1S/C16H24N2S/c1-4-18-16(3,13-17)9-6-10-19-12-15-8-5-7-14(2)11-15/h5,7-8,11,18H,4,6,9-10,12H2,1-3H3. The summed E-state index contributed by atoms with van der Waals surface area (Å²) in [7, 11) is 0. The van der Waals surface area contributed by atoms with Gasteiger partial charge in [-0.2, -0.15) is 17.0 Å². The van der Waals surface area contributed by atoms with Gasteiger partial charge in [0, 0.05) is 5.75 Å². The fraction of sp³-hybridized carbons (Fsp3) is 0.562. The summed E-state index contributed by atoms with van der Waals surface area (Å²) in [6.45, 7) is 7.01. The predicted octanol–water partition coefficient (Wildman–Crippen LogP) is 3.90. The number of hydrogen-bond acceptors (Lipinski definition) is 3. The van der Waals surface area contributed by atoms with E-state index in [0.29, 0.717) is 0 Å². The molecule has 0 fully saturated rings. The van der Waals surface area contributed by atoms with Crippen LogP contribution in [-0.4, -0.2) is 17.8 Å². The first-order valence-corrected chi connectivity index (χ1v) is 8.04. The molecule has 1 aromatic rings. The molecule has 19 heavy (non-hydrogen) atoms. The van der Waals surface area contributed by atoms with Crippen molar-refractivity contribution in [1.82, 2.24) is 5.32 Å². The molecule has 0 saturated carbocycles. The molecule has 0 saturated heterocycles. The third kappa shape index (κ3) is 6.13.